The summed E-state index contributed by atoms with van der Waals surface area (Å²) in [5.74, 6) is 0.820. The van der Waals surface area contributed by atoms with Crippen molar-refractivity contribution in [2.24, 2.45) is 0 Å². The van der Waals surface area contributed by atoms with E-state index in [1.807, 2.05) is 54.6 Å². The minimum absolute atomic E-state index is 0.0452. The predicted octanol–water partition coefficient (Wildman–Crippen LogP) is 5.79. The molecule has 0 aromatic heterocycles. The van der Waals surface area contributed by atoms with Crippen molar-refractivity contribution in [1.29, 1.82) is 0 Å². The number of ether oxygens (including phenoxy) is 1. The van der Waals surface area contributed by atoms with Crippen LogP contribution in [0.2, 0.25) is 0 Å². The topological polar surface area (TPSA) is 67.4 Å². The first-order valence-corrected chi connectivity index (χ1v) is 10.9. The number of hydrogen-bond acceptors (Lipinski definition) is 3. The fourth-order valence-electron chi connectivity index (χ4n) is 3.20. The Kier molecular flexibility index (Phi) is 8.03. The van der Waals surface area contributed by atoms with Crippen LogP contribution in [0.25, 0.3) is 0 Å². The molecule has 2 N–H and O–H groups in total. The molecule has 5 heteroatoms. The molecule has 0 fully saturated rings. The van der Waals surface area contributed by atoms with E-state index < -0.39 is 6.10 Å². The van der Waals surface area contributed by atoms with Crippen molar-refractivity contribution < 1.29 is 14.3 Å². The smallest absolute Gasteiger partial charge is 0.265 e. The van der Waals surface area contributed by atoms with Crippen molar-refractivity contribution in [2.45, 2.75) is 45.6 Å². The van der Waals surface area contributed by atoms with Crippen LogP contribution in [-0.4, -0.2) is 17.9 Å². The van der Waals surface area contributed by atoms with Crippen molar-refractivity contribution in [3.8, 4) is 5.75 Å². The maximum Gasteiger partial charge on any atom is 0.265 e. The van der Waals surface area contributed by atoms with E-state index in [-0.39, 0.29) is 11.8 Å². The summed E-state index contributed by atoms with van der Waals surface area (Å²) in [5.41, 5.74) is 3.69. The summed E-state index contributed by atoms with van der Waals surface area (Å²) >= 11 is 0. The maximum absolute atomic E-state index is 12.5. The Hall–Kier alpha value is -3.60. The number of aryl methyl sites for hydroxylation is 1. The summed E-state index contributed by atoms with van der Waals surface area (Å²) in [7, 11) is 0. The Morgan fingerprint density at radius 3 is 1.97 bits per heavy atom. The number of rotatable bonds is 9. The highest BCUT2D eigenvalue weighted by atomic mass is 16.5. The minimum Gasteiger partial charge on any atom is -0.481 e. The molecule has 0 unspecified atom stereocenters. The van der Waals surface area contributed by atoms with Crippen LogP contribution in [-0.2, 0) is 16.0 Å². The Morgan fingerprint density at radius 2 is 1.38 bits per heavy atom. The third-order valence-electron chi connectivity index (χ3n) is 5.15. The number of amides is 2. The molecule has 0 aliphatic carbocycles. The zero-order valence-electron chi connectivity index (χ0n) is 18.8. The molecule has 5 nitrogen and oxygen atoms in total. The third kappa shape index (κ3) is 6.98. The van der Waals surface area contributed by atoms with Crippen LogP contribution in [0.15, 0.2) is 78.9 Å². The second-order valence-corrected chi connectivity index (χ2v) is 8.08. The Labute approximate surface area is 189 Å². The molecule has 3 aromatic carbocycles. The van der Waals surface area contributed by atoms with Crippen LogP contribution < -0.4 is 15.4 Å². The molecule has 0 saturated carbocycles. The first-order valence-electron chi connectivity index (χ1n) is 10.9. The molecule has 32 heavy (non-hydrogen) atoms. The number of benzene rings is 3. The van der Waals surface area contributed by atoms with E-state index in [0.717, 1.165) is 5.56 Å². The zero-order chi connectivity index (χ0) is 22.9. The quantitative estimate of drug-likeness (QED) is 0.452. The highest BCUT2D eigenvalue weighted by Gasteiger charge is 2.15. The molecule has 0 aliphatic rings. The van der Waals surface area contributed by atoms with E-state index in [1.165, 1.54) is 5.56 Å². The highest BCUT2D eigenvalue weighted by molar-refractivity contribution is 5.95. The van der Waals surface area contributed by atoms with E-state index in [1.54, 1.807) is 31.2 Å². The normalized spacial score (nSPS) is 11.6. The lowest BCUT2D eigenvalue weighted by Gasteiger charge is -2.16. The molecule has 0 spiro atoms. The Bertz CT molecular complexity index is 1010. The Balaban J connectivity index is 1.46. The van der Waals surface area contributed by atoms with Gasteiger partial charge in [0.1, 0.15) is 5.75 Å². The molecule has 0 heterocycles. The number of carbonyl (C=O) groups is 2. The van der Waals surface area contributed by atoms with Gasteiger partial charge in [0.15, 0.2) is 6.10 Å². The van der Waals surface area contributed by atoms with Crippen LogP contribution in [0.1, 0.15) is 44.2 Å². The molecule has 0 bridgehead atoms. The van der Waals surface area contributed by atoms with Gasteiger partial charge in [0.05, 0.1) is 0 Å². The molecule has 0 saturated heterocycles. The fourth-order valence-corrected chi connectivity index (χ4v) is 3.20. The maximum atomic E-state index is 12.5. The average molecular weight is 431 g/mol. The molecule has 166 valence electrons. The molecule has 1 atom stereocenters. The van der Waals surface area contributed by atoms with Gasteiger partial charge in [-0.05, 0) is 66.8 Å². The van der Waals surface area contributed by atoms with Gasteiger partial charge in [0.25, 0.3) is 5.91 Å². The van der Waals surface area contributed by atoms with Gasteiger partial charge in [-0.2, -0.15) is 0 Å². The van der Waals surface area contributed by atoms with Gasteiger partial charge < -0.3 is 15.4 Å². The summed E-state index contributed by atoms with van der Waals surface area (Å²) < 4.78 is 5.75. The number of anilines is 2. The molecule has 3 aromatic rings. The second kappa shape index (κ2) is 11.1. The van der Waals surface area contributed by atoms with E-state index in [0.29, 0.717) is 35.9 Å². The molecular weight excluding hydrogens is 400 g/mol. The first-order chi connectivity index (χ1) is 15.4. The summed E-state index contributed by atoms with van der Waals surface area (Å²) in [6, 6.07) is 24.8. The highest BCUT2D eigenvalue weighted by Crippen LogP contribution is 2.20. The predicted molar refractivity (Wildman–Crippen MR) is 129 cm³/mol. The van der Waals surface area contributed by atoms with Gasteiger partial charge in [0.2, 0.25) is 5.91 Å². The molecule has 0 aliphatic heterocycles. The van der Waals surface area contributed by atoms with Crippen molar-refractivity contribution in [3.63, 3.8) is 0 Å². The number of carbonyl (C=O) groups excluding carboxylic acids is 2. The van der Waals surface area contributed by atoms with Crippen LogP contribution in [0.3, 0.4) is 0 Å². The van der Waals surface area contributed by atoms with Gasteiger partial charge in [0, 0.05) is 17.8 Å². The van der Waals surface area contributed by atoms with Gasteiger partial charge in [-0.15, -0.1) is 0 Å². The molecule has 2 amide bonds. The second-order valence-electron chi connectivity index (χ2n) is 8.08. The minimum atomic E-state index is -0.641. The van der Waals surface area contributed by atoms with Gasteiger partial charge in [-0.25, -0.2) is 0 Å². The van der Waals surface area contributed by atoms with Gasteiger partial charge >= 0.3 is 0 Å². The van der Waals surface area contributed by atoms with Crippen molar-refractivity contribution in [1.82, 2.24) is 0 Å². The fraction of sp³-hybridized carbons (Fsp3) is 0.259. The van der Waals surface area contributed by atoms with Crippen LogP contribution in [0, 0.1) is 0 Å². The lowest BCUT2D eigenvalue weighted by atomic mass is 10.0. The lowest BCUT2D eigenvalue weighted by molar-refractivity contribution is -0.122. The van der Waals surface area contributed by atoms with Gasteiger partial charge in [-0.3, -0.25) is 9.59 Å². The summed E-state index contributed by atoms with van der Waals surface area (Å²) in [4.78, 5) is 24.6. The van der Waals surface area contributed by atoms with Crippen molar-refractivity contribution in [2.75, 3.05) is 10.6 Å². The van der Waals surface area contributed by atoms with Crippen molar-refractivity contribution >= 4 is 23.2 Å². The van der Waals surface area contributed by atoms with Gasteiger partial charge in [-0.1, -0.05) is 56.3 Å². The van der Waals surface area contributed by atoms with E-state index >= 15 is 0 Å². The zero-order valence-corrected chi connectivity index (χ0v) is 18.8. The van der Waals surface area contributed by atoms with Crippen LogP contribution >= 0.6 is 0 Å². The molecule has 0 radical (unpaired) electrons. The molecule has 3 rings (SSSR count). The third-order valence-corrected chi connectivity index (χ3v) is 5.15. The molecular formula is C27H30N2O3. The van der Waals surface area contributed by atoms with E-state index in [4.69, 9.17) is 4.74 Å². The van der Waals surface area contributed by atoms with Crippen LogP contribution in [0.5, 0.6) is 5.75 Å². The average Bonchev–Trinajstić information content (AvgIpc) is 2.80. The first kappa shape index (κ1) is 23.1. The number of hydrogen-bond donors (Lipinski definition) is 2. The van der Waals surface area contributed by atoms with Crippen molar-refractivity contribution in [3.05, 3.63) is 90.0 Å². The summed E-state index contributed by atoms with van der Waals surface area (Å²) in [6.45, 7) is 5.98. The lowest BCUT2D eigenvalue weighted by Crippen LogP contribution is -2.30. The van der Waals surface area contributed by atoms with Crippen LogP contribution in [0.4, 0.5) is 11.4 Å². The van der Waals surface area contributed by atoms with E-state index in [2.05, 4.69) is 24.5 Å². The Morgan fingerprint density at radius 1 is 0.781 bits per heavy atom. The van der Waals surface area contributed by atoms with E-state index in [9.17, 15) is 9.59 Å². The summed E-state index contributed by atoms with van der Waals surface area (Å²) in [6.07, 6.45) is 0.464. The summed E-state index contributed by atoms with van der Waals surface area (Å²) in [5, 5.41) is 5.73. The largest absolute Gasteiger partial charge is 0.481 e. The number of nitrogens with one attached hydrogen (secondary N) is 2. The standard InChI is InChI=1S/C27H30N2O3/c1-19(2)22-10-16-25(17-11-22)32-20(3)27(31)29-24-14-12-23(13-15-24)28-26(30)18-9-21-7-5-4-6-8-21/h4-8,10-17,19-20H,9,18H2,1-3H3,(H,28,30)(H,29,31)/t20-/m0/s1. The SMILES string of the molecule is CC(C)c1ccc(O[C@@H](C)C(=O)Nc2ccc(NC(=O)CCc3ccccc3)cc2)cc1. The monoisotopic (exact) mass is 430 g/mol.